The maximum absolute atomic E-state index is 5.54. The smallest absolute Gasteiger partial charge is 0.220 e. The molecule has 0 saturated carbocycles. The quantitative estimate of drug-likeness (QED) is 0.718. The van der Waals surface area contributed by atoms with Gasteiger partial charge in [-0.2, -0.15) is 0 Å². The molecular formula is C13H23N3O2. The zero-order valence-electron chi connectivity index (χ0n) is 11.6. The molecule has 0 aromatic carbocycles. The predicted octanol–water partition coefficient (Wildman–Crippen LogP) is 2.03. The SMILES string of the molecule is CC(C)NCCCOc1cc(OC(C)C)ncn1. The molecule has 0 radical (unpaired) electrons. The average molecular weight is 253 g/mol. The van der Waals surface area contributed by atoms with Crippen LogP contribution in [-0.2, 0) is 0 Å². The number of nitrogens with zero attached hydrogens (tertiary/aromatic N) is 2. The third-order valence-electron chi connectivity index (χ3n) is 2.10. The summed E-state index contributed by atoms with van der Waals surface area (Å²) in [6.45, 7) is 9.75. The lowest BCUT2D eigenvalue weighted by atomic mass is 10.3. The summed E-state index contributed by atoms with van der Waals surface area (Å²) in [4.78, 5) is 8.07. The highest BCUT2D eigenvalue weighted by molar-refractivity contribution is 5.18. The molecule has 0 amide bonds. The molecular weight excluding hydrogens is 230 g/mol. The zero-order valence-corrected chi connectivity index (χ0v) is 11.6. The van der Waals surface area contributed by atoms with Gasteiger partial charge in [0.2, 0.25) is 11.8 Å². The average Bonchev–Trinajstić information content (AvgIpc) is 2.27. The molecule has 1 N–H and O–H groups in total. The first kappa shape index (κ1) is 14.7. The van der Waals surface area contributed by atoms with E-state index in [0.717, 1.165) is 13.0 Å². The fourth-order valence-corrected chi connectivity index (χ4v) is 1.35. The zero-order chi connectivity index (χ0) is 13.4. The second kappa shape index (κ2) is 7.87. The lowest BCUT2D eigenvalue weighted by Gasteiger charge is -2.10. The lowest BCUT2D eigenvalue weighted by Crippen LogP contribution is -2.24. The minimum absolute atomic E-state index is 0.1000. The van der Waals surface area contributed by atoms with E-state index in [-0.39, 0.29) is 6.10 Å². The Labute approximate surface area is 109 Å². The van der Waals surface area contributed by atoms with Gasteiger partial charge >= 0.3 is 0 Å². The Morgan fingerprint density at radius 3 is 2.56 bits per heavy atom. The number of hydrogen-bond acceptors (Lipinski definition) is 5. The Kier molecular flexibility index (Phi) is 6.43. The van der Waals surface area contributed by atoms with Crippen LogP contribution in [0.3, 0.4) is 0 Å². The molecule has 0 aliphatic carbocycles. The molecule has 0 fully saturated rings. The summed E-state index contributed by atoms with van der Waals surface area (Å²) >= 11 is 0. The monoisotopic (exact) mass is 253 g/mol. The van der Waals surface area contributed by atoms with E-state index in [1.165, 1.54) is 6.33 Å². The van der Waals surface area contributed by atoms with Crippen LogP contribution >= 0.6 is 0 Å². The van der Waals surface area contributed by atoms with Gasteiger partial charge in [0.15, 0.2) is 0 Å². The molecule has 0 spiro atoms. The van der Waals surface area contributed by atoms with Gasteiger partial charge in [0.05, 0.1) is 18.8 Å². The van der Waals surface area contributed by atoms with Crippen molar-refractivity contribution >= 4 is 0 Å². The van der Waals surface area contributed by atoms with Crippen LogP contribution in [-0.4, -0.2) is 35.3 Å². The second-order valence-electron chi connectivity index (χ2n) is 4.67. The molecule has 0 atom stereocenters. The van der Waals surface area contributed by atoms with Gasteiger partial charge in [-0.25, -0.2) is 9.97 Å². The Balaban J connectivity index is 2.29. The number of nitrogens with one attached hydrogen (secondary N) is 1. The molecule has 0 aliphatic rings. The fraction of sp³-hybridized carbons (Fsp3) is 0.692. The summed E-state index contributed by atoms with van der Waals surface area (Å²) in [6.07, 6.45) is 2.50. The van der Waals surface area contributed by atoms with E-state index in [2.05, 4.69) is 29.1 Å². The maximum Gasteiger partial charge on any atom is 0.220 e. The van der Waals surface area contributed by atoms with Crippen molar-refractivity contribution in [3.05, 3.63) is 12.4 Å². The molecule has 1 rings (SSSR count). The van der Waals surface area contributed by atoms with E-state index in [0.29, 0.717) is 24.4 Å². The number of ether oxygens (including phenoxy) is 2. The molecule has 0 saturated heterocycles. The highest BCUT2D eigenvalue weighted by Crippen LogP contribution is 2.14. The predicted molar refractivity (Wildman–Crippen MR) is 71.0 cm³/mol. The van der Waals surface area contributed by atoms with Gasteiger partial charge in [-0.15, -0.1) is 0 Å². The van der Waals surface area contributed by atoms with Crippen molar-refractivity contribution in [1.82, 2.24) is 15.3 Å². The van der Waals surface area contributed by atoms with Crippen LogP contribution < -0.4 is 14.8 Å². The van der Waals surface area contributed by atoms with Crippen molar-refractivity contribution in [2.24, 2.45) is 0 Å². The van der Waals surface area contributed by atoms with E-state index in [9.17, 15) is 0 Å². The van der Waals surface area contributed by atoms with Crippen molar-refractivity contribution in [1.29, 1.82) is 0 Å². The first-order chi connectivity index (χ1) is 8.58. The molecule has 0 bridgehead atoms. The van der Waals surface area contributed by atoms with Crippen molar-refractivity contribution in [2.45, 2.75) is 46.3 Å². The molecule has 5 nitrogen and oxygen atoms in total. The number of rotatable bonds is 8. The normalized spacial score (nSPS) is 11.0. The Bertz CT molecular complexity index is 343. The summed E-state index contributed by atoms with van der Waals surface area (Å²) in [5, 5.41) is 3.33. The molecule has 18 heavy (non-hydrogen) atoms. The molecule has 0 aliphatic heterocycles. The molecule has 102 valence electrons. The van der Waals surface area contributed by atoms with Crippen LogP contribution in [0.25, 0.3) is 0 Å². The van der Waals surface area contributed by atoms with Crippen LogP contribution in [0.2, 0.25) is 0 Å². The van der Waals surface area contributed by atoms with Crippen LogP contribution in [0.1, 0.15) is 34.1 Å². The molecule has 1 heterocycles. The van der Waals surface area contributed by atoms with E-state index in [1.54, 1.807) is 6.07 Å². The van der Waals surface area contributed by atoms with E-state index in [4.69, 9.17) is 9.47 Å². The Morgan fingerprint density at radius 2 is 1.89 bits per heavy atom. The van der Waals surface area contributed by atoms with Crippen LogP contribution in [0.15, 0.2) is 12.4 Å². The highest BCUT2D eigenvalue weighted by atomic mass is 16.5. The van der Waals surface area contributed by atoms with Crippen LogP contribution in [0.4, 0.5) is 0 Å². The van der Waals surface area contributed by atoms with Gasteiger partial charge in [0.1, 0.15) is 6.33 Å². The fourth-order valence-electron chi connectivity index (χ4n) is 1.35. The van der Waals surface area contributed by atoms with Gasteiger partial charge in [0, 0.05) is 6.04 Å². The molecule has 0 unspecified atom stereocenters. The Hall–Kier alpha value is -1.36. The highest BCUT2D eigenvalue weighted by Gasteiger charge is 2.02. The minimum atomic E-state index is 0.1000. The summed E-state index contributed by atoms with van der Waals surface area (Å²) in [6, 6.07) is 2.23. The van der Waals surface area contributed by atoms with E-state index >= 15 is 0 Å². The third kappa shape index (κ3) is 6.39. The Morgan fingerprint density at radius 1 is 1.17 bits per heavy atom. The van der Waals surface area contributed by atoms with Crippen LogP contribution in [0.5, 0.6) is 11.8 Å². The molecule has 1 aromatic heterocycles. The summed E-state index contributed by atoms with van der Waals surface area (Å²) in [5.41, 5.74) is 0. The first-order valence-electron chi connectivity index (χ1n) is 6.43. The number of hydrogen-bond donors (Lipinski definition) is 1. The third-order valence-corrected chi connectivity index (χ3v) is 2.10. The van der Waals surface area contributed by atoms with Crippen molar-refractivity contribution in [2.75, 3.05) is 13.2 Å². The largest absolute Gasteiger partial charge is 0.477 e. The van der Waals surface area contributed by atoms with Gasteiger partial charge in [-0.1, -0.05) is 13.8 Å². The lowest BCUT2D eigenvalue weighted by molar-refractivity contribution is 0.228. The van der Waals surface area contributed by atoms with E-state index in [1.807, 2.05) is 13.8 Å². The maximum atomic E-state index is 5.54. The van der Waals surface area contributed by atoms with Gasteiger partial charge in [-0.05, 0) is 26.8 Å². The van der Waals surface area contributed by atoms with E-state index < -0.39 is 0 Å². The standard InChI is InChI=1S/C13H23N3O2/c1-10(2)14-6-5-7-17-12-8-13(16-9-15-12)18-11(3)4/h8-11,14H,5-7H2,1-4H3. The second-order valence-corrected chi connectivity index (χ2v) is 4.67. The summed E-state index contributed by atoms with van der Waals surface area (Å²) in [7, 11) is 0. The van der Waals surface area contributed by atoms with Crippen molar-refractivity contribution in [3.8, 4) is 11.8 Å². The van der Waals surface area contributed by atoms with Crippen molar-refractivity contribution in [3.63, 3.8) is 0 Å². The minimum Gasteiger partial charge on any atom is -0.477 e. The first-order valence-corrected chi connectivity index (χ1v) is 6.43. The molecule has 5 heteroatoms. The molecule has 1 aromatic rings. The van der Waals surface area contributed by atoms with Gasteiger partial charge in [0.25, 0.3) is 0 Å². The van der Waals surface area contributed by atoms with Crippen LogP contribution in [0, 0.1) is 0 Å². The topological polar surface area (TPSA) is 56.3 Å². The summed E-state index contributed by atoms with van der Waals surface area (Å²) < 4.78 is 11.0. The van der Waals surface area contributed by atoms with Crippen molar-refractivity contribution < 1.29 is 9.47 Å². The number of aromatic nitrogens is 2. The van der Waals surface area contributed by atoms with Gasteiger partial charge < -0.3 is 14.8 Å². The van der Waals surface area contributed by atoms with Gasteiger partial charge in [-0.3, -0.25) is 0 Å². The summed E-state index contributed by atoms with van der Waals surface area (Å²) in [5.74, 6) is 1.11.